The molecule has 2 rings (SSSR count). The lowest BCUT2D eigenvalue weighted by Crippen LogP contribution is -2.39. The highest BCUT2D eigenvalue weighted by atomic mass is 19.1. The van der Waals surface area contributed by atoms with Gasteiger partial charge in [0, 0.05) is 13.2 Å². The van der Waals surface area contributed by atoms with Crippen LogP contribution in [0.5, 0.6) is 0 Å². The van der Waals surface area contributed by atoms with E-state index in [1.807, 2.05) is 0 Å². The van der Waals surface area contributed by atoms with Crippen molar-refractivity contribution in [1.29, 1.82) is 0 Å². The Labute approximate surface area is 113 Å². The molecule has 0 saturated carbocycles. The standard InChI is InChI=1S/C15H20FNO2/c16-14-6-2-1-5-13(14)15(19)11-17-8-3-4-12(10-17)7-9-18/h1-2,5-6,12,18H,3-4,7-11H2. The van der Waals surface area contributed by atoms with Crippen LogP contribution in [0.3, 0.4) is 0 Å². The van der Waals surface area contributed by atoms with Crippen LogP contribution >= 0.6 is 0 Å². The lowest BCUT2D eigenvalue weighted by molar-refractivity contribution is 0.0868. The molecule has 1 unspecified atom stereocenters. The number of likely N-dealkylation sites (tertiary alicyclic amines) is 1. The monoisotopic (exact) mass is 265 g/mol. The number of carbonyl (C=O) groups is 1. The number of piperidine rings is 1. The molecule has 3 nitrogen and oxygen atoms in total. The minimum Gasteiger partial charge on any atom is -0.396 e. The summed E-state index contributed by atoms with van der Waals surface area (Å²) in [6.45, 7) is 2.16. The molecule has 1 fully saturated rings. The van der Waals surface area contributed by atoms with Gasteiger partial charge in [0.15, 0.2) is 5.78 Å². The summed E-state index contributed by atoms with van der Waals surface area (Å²) < 4.78 is 13.5. The van der Waals surface area contributed by atoms with Gasteiger partial charge in [-0.05, 0) is 43.9 Å². The van der Waals surface area contributed by atoms with Crippen LogP contribution < -0.4 is 0 Å². The highest BCUT2D eigenvalue weighted by Crippen LogP contribution is 2.19. The fourth-order valence-corrected chi connectivity index (χ4v) is 2.69. The molecule has 0 amide bonds. The second kappa shape index (κ2) is 6.78. The van der Waals surface area contributed by atoms with Crippen molar-refractivity contribution < 1.29 is 14.3 Å². The first-order valence-electron chi connectivity index (χ1n) is 6.81. The fraction of sp³-hybridized carbons (Fsp3) is 0.533. The molecular formula is C15H20FNO2. The van der Waals surface area contributed by atoms with Gasteiger partial charge in [-0.1, -0.05) is 12.1 Å². The molecular weight excluding hydrogens is 245 g/mol. The van der Waals surface area contributed by atoms with E-state index >= 15 is 0 Å². The van der Waals surface area contributed by atoms with E-state index in [4.69, 9.17) is 5.11 Å². The fourth-order valence-electron chi connectivity index (χ4n) is 2.69. The molecule has 1 atom stereocenters. The number of nitrogens with zero attached hydrogens (tertiary/aromatic N) is 1. The van der Waals surface area contributed by atoms with Crippen molar-refractivity contribution in [2.75, 3.05) is 26.2 Å². The number of halogens is 1. The molecule has 0 aliphatic carbocycles. The topological polar surface area (TPSA) is 40.5 Å². The summed E-state index contributed by atoms with van der Waals surface area (Å²) in [7, 11) is 0. The molecule has 19 heavy (non-hydrogen) atoms. The maximum atomic E-state index is 13.5. The van der Waals surface area contributed by atoms with Crippen molar-refractivity contribution in [3.63, 3.8) is 0 Å². The molecule has 1 aromatic rings. The summed E-state index contributed by atoms with van der Waals surface area (Å²) in [5.41, 5.74) is 0.173. The van der Waals surface area contributed by atoms with Gasteiger partial charge in [-0.15, -0.1) is 0 Å². The molecule has 0 aromatic heterocycles. The molecule has 4 heteroatoms. The summed E-state index contributed by atoms with van der Waals surface area (Å²) >= 11 is 0. The number of aliphatic hydroxyl groups excluding tert-OH is 1. The molecule has 0 radical (unpaired) electrons. The zero-order chi connectivity index (χ0) is 13.7. The van der Waals surface area contributed by atoms with Gasteiger partial charge in [-0.25, -0.2) is 4.39 Å². The highest BCUT2D eigenvalue weighted by Gasteiger charge is 2.22. The second-order valence-corrected chi connectivity index (χ2v) is 5.16. The van der Waals surface area contributed by atoms with Crippen LogP contribution in [0.4, 0.5) is 4.39 Å². The first kappa shape index (κ1) is 14.2. The van der Waals surface area contributed by atoms with Crippen LogP contribution in [0.15, 0.2) is 24.3 Å². The van der Waals surface area contributed by atoms with Crippen LogP contribution in [0.1, 0.15) is 29.6 Å². The molecule has 1 N–H and O–H groups in total. The third-order valence-corrected chi connectivity index (χ3v) is 3.68. The Morgan fingerprint density at radius 2 is 2.21 bits per heavy atom. The Balaban J connectivity index is 1.93. The third-order valence-electron chi connectivity index (χ3n) is 3.68. The van der Waals surface area contributed by atoms with E-state index in [2.05, 4.69) is 4.90 Å². The zero-order valence-corrected chi connectivity index (χ0v) is 11.0. The van der Waals surface area contributed by atoms with Crippen LogP contribution in [-0.4, -0.2) is 42.0 Å². The lowest BCUT2D eigenvalue weighted by atomic mass is 9.95. The van der Waals surface area contributed by atoms with E-state index < -0.39 is 5.82 Å². The van der Waals surface area contributed by atoms with Crippen molar-refractivity contribution in [3.05, 3.63) is 35.6 Å². The molecule has 0 spiro atoms. The lowest BCUT2D eigenvalue weighted by Gasteiger charge is -2.31. The quantitative estimate of drug-likeness (QED) is 0.829. The number of hydrogen-bond acceptors (Lipinski definition) is 3. The summed E-state index contributed by atoms with van der Waals surface area (Å²) in [4.78, 5) is 14.1. The summed E-state index contributed by atoms with van der Waals surface area (Å²) in [6, 6.07) is 6.12. The van der Waals surface area contributed by atoms with Gasteiger partial charge in [-0.2, -0.15) is 0 Å². The molecule has 1 aromatic carbocycles. The van der Waals surface area contributed by atoms with Gasteiger partial charge in [0.2, 0.25) is 0 Å². The number of ketones is 1. The van der Waals surface area contributed by atoms with Crippen molar-refractivity contribution in [2.45, 2.75) is 19.3 Å². The molecule has 104 valence electrons. The average molecular weight is 265 g/mol. The number of hydrogen-bond donors (Lipinski definition) is 1. The van der Waals surface area contributed by atoms with E-state index in [0.29, 0.717) is 5.92 Å². The van der Waals surface area contributed by atoms with Gasteiger partial charge < -0.3 is 5.11 Å². The Kier molecular flexibility index (Phi) is 5.05. The average Bonchev–Trinajstić information content (AvgIpc) is 2.40. The first-order valence-corrected chi connectivity index (χ1v) is 6.81. The van der Waals surface area contributed by atoms with E-state index in [-0.39, 0.29) is 24.5 Å². The second-order valence-electron chi connectivity index (χ2n) is 5.16. The van der Waals surface area contributed by atoms with Crippen LogP contribution in [-0.2, 0) is 0 Å². The third kappa shape index (κ3) is 3.85. The van der Waals surface area contributed by atoms with Gasteiger partial charge in [0.05, 0.1) is 12.1 Å². The largest absolute Gasteiger partial charge is 0.396 e. The van der Waals surface area contributed by atoms with Crippen molar-refractivity contribution in [2.24, 2.45) is 5.92 Å². The molecule has 0 bridgehead atoms. The van der Waals surface area contributed by atoms with E-state index in [1.54, 1.807) is 12.1 Å². The van der Waals surface area contributed by atoms with E-state index in [9.17, 15) is 9.18 Å². The molecule has 1 aliphatic rings. The Morgan fingerprint density at radius 1 is 1.42 bits per heavy atom. The zero-order valence-electron chi connectivity index (χ0n) is 11.0. The van der Waals surface area contributed by atoms with Crippen molar-refractivity contribution in [1.82, 2.24) is 4.90 Å². The number of Topliss-reactive ketones (excluding diaryl/α,β-unsaturated/α-hetero) is 1. The SMILES string of the molecule is O=C(CN1CCCC(CCO)C1)c1ccccc1F. The predicted molar refractivity (Wildman–Crippen MR) is 71.6 cm³/mol. The number of rotatable bonds is 5. The normalized spacial score (nSPS) is 20.4. The van der Waals surface area contributed by atoms with Gasteiger partial charge in [-0.3, -0.25) is 9.69 Å². The first-order chi connectivity index (χ1) is 9.20. The van der Waals surface area contributed by atoms with Gasteiger partial charge in [0.25, 0.3) is 0 Å². The molecule has 1 aliphatic heterocycles. The minimum atomic E-state index is -0.448. The van der Waals surface area contributed by atoms with E-state index in [1.165, 1.54) is 12.1 Å². The number of aliphatic hydroxyl groups is 1. The predicted octanol–water partition coefficient (Wildman–Crippen LogP) is 2.10. The van der Waals surface area contributed by atoms with Crippen molar-refractivity contribution in [3.8, 4) is 0 Å². The Morgan fingerprint density at radius 3 is 2.95 bits per heavy atom. The summed E-state index contributed by atoms with van der Waals surface area (Å²) in [5, 5.41) is 8.97. The summed E-state index contributed by atoms with van der Waals surface area (Å²) in [6.07, 6.45) is 2.92. The van der Waals surface area contributed by atoms with E-state index in [0.717, 1.165) is 32.4 Å². The van der Waals surface area contributed by atoms with Gasteiger partial charge >= 0.3 is 0 Å². The minimum absolute atomic E-state index is 0.164. The number of benzene rings is 1. The van der Waals surface area contributed by atoms with Crippen LogP contribution in [0.2, 0.25) is 0 Å². The Bertz CT molecular complexity index is 434. The highest BCUT2D eigenvalue weighted by molar-refractivity contribution is 5.97. The summed E-state index contributed by atoms with van der Waals surface area (Å²) in [5.74, 6) is -0.161. The molecule has 1 saturated heterocycles. The maximum Gasteiger partial charge on any atom is 0.179 e. The smallest absolute Gasteiger partial charge is 0.179 e. The molecule has 1 heterocycles. The Hall–Kier alpha value is -1.26. The van der Waals surface area contributed by atoms with Gasteiger partial charge in [0.1, 0.15) is 5.82 Å². The number of carbonyl (C=O) groups excluding carboxylic acids is 1. The van der Waals surface area contributed by atoms with Crippen LogP contribution in [0, 0.1) is 11.7 Å². The maximum absolute atomic E-state index is 13.5. The van der Waals surface area contributed by atoms with Crippen LogP contribution in [0.25, 0.3) is 0 Å². The van der Waals surface area contributed by atoms with Crippen molar-refractivity contribution >= 4 is 5.78 Å².